The van der Waals surface area contributed by atoms with Crippen LogP contribution in [0.15, 0.2) is 24.3 Å². The third-order valence-electron chi connectivity index (χ3n) is 4.99. The lowest BCUT2D eigenvalue weighted by molar-refractivity contribution is 0.340. The van der Waals surface area contributed by atoms with Gasteiger partial charge in [-0.25, -0.2) is 0 Å². The van der Waals surface area contributed by atoms with Crippen molar-refractivity contribution in [3.8, 4) is 11.4 Å². The maximum Gasteiger partial charge on any atom is 0.160 e. The molecule has 6 heteroatoms. The Hall–Kier alpha value is -2.76. The van der Waals surface area contributed by atoms with Crippen molar-refractivity contribution in [2.45, 2.75) is 40.5 Å². The van der Waals surface area contributed by atoms with Crippen molar-refractivity contribution in [2.75, 3.05) is 30.8 Å². The van der Waals surface area contributed by atoms with E-state index in [-0.39, 0.29) is 0 Å². The second-order valence-corrected chi connectivity index (χ2v) is 6.87. The Morgan fingerprint density at radius 2 is 1.70 bits per heavy atom. The molecule has 0 bridgehead atoms. The van der Waals surface area contributed by atoms with Gasteiger partial charge in [-0.1, -0.05) is 13.3 Å². The van der Waals surface area contributed by atoms with Crippen LogP contribution in [0.2, 0.25) is 0 Å². The van der Waals surface area contributed by atoms with Crippen LogP contribution in [-0.2, 0) is 0 Å². The molecule has 0 amide bonds. The summed E-state index contributed by atoms with van der Waals surface area (Å²) in [5, 5.41) is 10.7. The molecule has 6 nitrogen and oxygen atoms in total. The molecule has 2 aromatic heterocycles. The minimum absolute atomic E-state index is 0.475. The second-order valence-electron chi connectivity index (χ2n) is 6.87. The van der Waals surface area contributed by atoms with Crippen molar-refractivity contribution in [3.05, 3.63) is 35.7 Å². The minimum Gasteiger partial charge on any atom is -0.494 e. The lowest BCUT2D eigenvalue weighted by Crippen LogP contribution is -2.20. The Labute approximate surface area is 160 Å². The molecule has 0 aliphatic carbocycles. The van der Waals surface area contributed by atoms with E-state index >= 15 is 0 Å². The zero-order valence-corrected chi connectivity index (χ0v) is 16.9. The summed E-state index contributed by atoms with van der Waals surface area (Å²) in [5.74, 6) is 2.23. The van der Waals surface area contributed by atoms with Gasteiger partial charge in [-0.2, -0.15) is 0 Å². The number of anilines is 2. The molecule has 0 saturated heterocycles. The summed E-state index contributed by atoms with van der Waals surface area (Å²) in [7, 11) is 2.07. The van der Waals surface area contributed by atoms with E-state index in [1.54, 1.807) is 0 Å². The van der Waals surface area contributed by atoms with Crippen LogP contribution < -0.4 is 15.4 Å². The lowest BCUT2D eigenvalue weighted by atomic mass is 10.2. The largest absolute Gasteiger partial charge is 0.494 e. The van der Waals surface area contributed by atoms with E-state index in [4.69, 9.17) is 10.5 Å². The maximum atomic E-state index is 6.22. The van der Waals surface area contributed by atoms with Crippen molar-refractivity contribution in [1.29, 1.82) is 0 Å². The van der Waals surface area contributed by atoms with Gasteiger partial charge in [0.2, 0.25) is 0 Å². The van der Waals surface area contributed by atoms with Crippen molar-refractivity contribution >= 4 is 22.4 Å². The number of fused-ring (bicyclic) bond motifs is 1. The van der Waals surface area contributed by atoms with E-state index in [9.17, 15) is 0 Å². The predicted molar refractivity (Wildman–Crippen MR) is 112 cm³/mol. The van der Waals surface area contributed by atoms with Crippen LogP contribution in [0.4, 0.5) is 11.6 Å². The van der Waals surface area contributed by atoms with E-state index in [1.165, 1.54) is 0 Å². The highest BCUT2D eigenvalue weighted by Gasteiger charge is 2.21. The molecule has 0 aliphatic rings. The first-order valence-corrected chi connectivity index (χ1v) is 9.57. The molecular formula is C21H29N5O. The highest BCUT2D eigenvalue weighted by Crippen LogP contribution is 2.36. The Balaban J connectivity index is 2.16. The quantitative estimate of drug-likeness (QED) is 0.676. The molecule has 0 fully saturated rings. The second kappa shape index (κ2) is 7.86. The average Bonchev–Trinajstić information content (AvgIpc) is 2.93. The van der Waals surface area contributed by atoms with E-state index in [0.29, 0.717) is 12.4 Å². The van der Waals surface area contributed by atoms with Crippen LogP contribution in [0.1, 0.15) is 38.1 Å². The van der Waals surface area contributed by atoms with E-state index in [2.05, 4.69) is 59.6 Å². The molecule has 0 spiro atoms. The number of nitrogen functional groups attached to an aromatic ring is 1. The summed E-state index contributed by atoms with van der Waals surface area (Å²) >= 11 is 0. The molecule has 1 aromatic carbocycles. The molecule has 2 N–H and O–H groups in total. The molecule has 0 saturated carbocycles. The number of unbranched alkanes of at least 4 members (excludes halogenated alkanes) is 1. The molecule has 144 valence electrons. The van der Waals surface area contributed by atoms with E-state index < -0.39 is 0 Å². The summed E-state index contributed by atoms with van der Waals surface area (Å²) in [5.41, 5.74) is 9.49. The number of aryl methyl sites for hydroxylation is 2. The first-order chi connectivity index (χ1) is 13.0. The first kappa shape index (κ1) is 19.0. The van der Waals surface area contributed by atoms with Crippen LogP contribution >= 0.6 is 0 Å². The summed E-state index contributed by atoms with van der Waals surface area (Å²) in [4.78, 5) is 2.17. The van der Waals surface area contributed by atoms with Gasteiger partial charge >= 0.3 is 0 Å². The number of rotatable bonds is 7. The first-order valence-electron chi connectivity index (χ1n) is 9.57. The van der Waals surface area contributed by atoms with Gasteiger partial charge in [-0.3, -0.25) is 0 Å². The highest BCUT2D eigenvalue weighted by molar-refractivity contribution is 6.02. The number of hydrogen-bond donors (Lipinski definition) is 1. The molecule has 27 heavy (non-hydrogen) atoms. The Kier molecular flexibility index (Phi) is 5.54. The van der Waals surface area contributed by atoms with Gasteiger partial charge in [0.25, 0.3) is 0 Å². The van der Waals surface area contributed by atoms with Gasteiger partial charge in [0.15, 0.2) is 11.6 Å². The fraction of sp³-hybridized carbons (Fsp3) is 0.429. The summed E-state index contributed by atoms with van der Waals surface area (Å²) in [6.07, 6.45) is 2.25. The standard InChI is InChI=1S/C21H29N5O/c1-6-8-13-25(5)21-19-15(4)26(14(3)18(19)20(22)23-24-21)16-9-11-17(12-10-16)27-7-2/h9-12H,6-8,13H2,1-5H3,(H2,22,23). The fourth-order valence-corrected chi connectivity index (χ4v) is 3.64. The number of nitrogens with two attached hydrogens (primary N) is 1. The fourth-order valence-electron chi connectivity index (χ4n) is 3.64. The number of hydrogen-bond acceptors (Lipinski definition) is 5. The number of aromatic nitrogens is 3. The highest BCUT2D eigenvalue weighted by atomic mass is 16.5. The normalized spacial score (nSPS) is 11.1. The zero-order valence-electron chi connectivity index (χ0n) is 16.9. The Bertz CT molecular complexity index is 930. The third-order valence-corrected chi connectivity index (χ3v) is 4.99. The van der Waals surface area contributed by atoms with Crippen LogP contribution in [0.5, 0.6) is 5.75 Å². The smallest absolute Gasteiger partial charge is 0.160 e. The molecule has 0 radical (unpaired) electrons. The van der Waals surface area contributed by atoms with Crippen LogP contribution in [0.25, 0.3) is 16.5 Å². The topological polar surface area (TPSA) is 69.2 Å². The van der Waals surface area contributed by atoms with Gasteiger partial charge in [-0.15, -0.1) is 10.2 Å². The maximum absolute atomic E-state index is 6.22. The molecule has 0 aliphatic heterocycles. The molecule has 2 heterocycles. The molecule has 3 rings (SSSR count). The van der Waals surface area contributed by atoms with Gasteiger partial charge in [0.1, 0.15) is 5.75 Å². The molecule has 0 unspecified atom stereocenters. The minimum atomic E-state index is 0.475. The van der Waals surface area contributed by atoms with Crippen LogP contribution in [0, 0.1) is 13.8 Å². The molecule has 3 aromatic rings. The zero-order chi connectivity index (χ0) is 19.6. The van der Waals surface area contributed by atoms with Crippen LogP contribution in [0.3, 0.4) is 0 Å². The summed E-state index contributed by atoms with van der Waals surface area (Å²) in [6, 6.07) is 8.13. The monoisotopic (exact) mass is 367 g/mol. The molecule has 0 atom stereocenters. The van der Waals surface area contributed by atoms with Gasteiger partial charge in [-0.05, 0) is 51.5 Å². The van der Waals surface area contributed by atoms with Crippen molar-refractivity contribution in [1.82, 2.24) is 14.8 Å². The number of benzene rings is 1. The van der Waals surface area contributed by atoms with Gasteiger partial charge in [0, 0.05) is 30.7 Å². The predicted octanol–water partition coefficient (Wildman–Crippen LogP) is 4.25. The van der Waals surface area contributed by atoms with E-state index in [0.717, 1.165) is 58.8 Å². The number of nitrogens with zero attached hydrogens (tertiary/aromatic N) is 4. The summed E-state index contributed by atoms with van der Waals surface area (Å²) < 4.78 is 7.79. The number of ether oxygens (including phenoxy) is 1. The lowest BCUT2D eigenvalue weighted by Gasteiger charge is -2.18. The average molecular weight is 367 g/mol. The van der Waals surface area contributed by atoms with Gasteiger partial charge in [0.05, 0.1) is 17.4 Å². The van der Waals surface area contributed by atoms with Crippen molar-refractivity contribution in [2.24, 2.45) is 0 Å². The van der Waals surface area contributed by atoms with Crippen molar-refractivity contribution in [3.63, 3.8) is 0 Å². The third kappa shape index (κ3) is 3.44. The SMILES string of the molecule is CCCCN(C)c1nnc(N)c2c(C)n(-c3ccc(OCC)cc3)c(C)c12. The molecular weight excluding hydrogens is 338 g/mol. The van der Waals surface area contributed by atoms with Crippen molar-refractivity contribution < 1.29 is 4.74 Å². The Morgan fingerprint density at radius 1 is 1.04 bits per heavy atom. The van der Waals surface area contributed by atoms with Gasteiger partial charge < -0.3 is 19.9 Å². The Morgan fingerprint density at radius 3 is 2.33 bits per heavy atom. The van der Waals surface area contributed by atoms with Crippen LogP contribution in [-0.4, -0.2) is 35.0 Å². The van der Waals surface area contributed by atoms with E-state index in [1.807, 2.05) is 19.1 Å². The summed E-state index contributed by atoms with van der Waals surface area (Å²) in [6.45, 7) is 9.98.